The molecule has 0 aromatic carbocycles. The first kappa shape index (κ1) is 13.9. The number of carbonyl (C=O) groups is 1. The Bertz CT molecular complexity index is 323. The van der Waals surface area contributed by atoms with Gasteiger partial charge in [-0.2, -0.15) is 0 Å². The van der Waals surface area contributed by atoms with Crippen molar-refractivity contribution < 1.29 is 4.79 Å². The second-order valence-electron chi connectivity index (χ2n) is 4.03. The van der Waals surface area contributed by atoms with Crippen molar-refractivity contribution >= 4 is 18.3 Å². The maximum Gasteiger partial charge on any atom is 0.222 e. The van der Waals surface area contributed by atoms with Gasteiger partial charge in [-0.25, -0.2) is 0 Å². The summed E-state index contributed by atoms with van der Waals surface area (Å²) in [5, 5.41) is 13.8. The first-order chi connectivity index (χ1) is 7.84. The van der Waals surface area contributed by atoms with E-state index >= 15 is 0 Å². The molecule has 96 valence electrons. The van der Waals surface area contributed by atoms with Crippen molar-refractivity contribution in [3.8, 4) is 0 Å². The van der Waals surface area contributed by atoms with Crippen molar-refractivity contribution in [1.29, 1.82) is 0 Å². The molecule has 1 aromatic rings. The highest BCUT2D eigenvalue weighted by Gasteiger charge is 2.14. The van der Waals surface area contributed by atoms with E-state index in [9.17, 15) is 4.79 Å². The second kappa shape index (κ2) is 7.24. The number of carbonyl (C=O) groups excluding carboxylic acids is 1. The number of rotatable bonds is 4. The van der Waals surface area contributed by atoms with Crippen LogP contribution in [-0.4, -0.2) is 40.0 Å². The molecular formula is C10H18ClN5O. The molecule has 6 nitrogen and oxygen atoms in total. The van der Waals surface area contributed by atoms with E-state index < -0.39 is 0 Å². The maximum absolute atomic E-state index is 11.6. The molecule has 2 N–H and O–H groups in total. The summed E-state index contributed by atoms with van der Waals surface area (Å²) in [7, 11) is 0. The molecule has 2 heterocycles. The fourth-order valence-corrected chi connectivity index (χ4v) is 1.84. The quantitative estimate of drug-likeness (QED) is 0.796. The van der Waals surface area contributed by atoms with Crippen LogP contribution in [0, 0.1) is 0 Å². The lowest BCUT2D eigenvalue weighted by Crippen LogP contribution is -2.45. The molecule has 0 bridgehead atoms. The van der Waals surface area contributed by atoms with Crippen LogP contribution < -0.4 is 10.6 Å². The van der Waals surface area contributed by atoms with Gasteiger partial charge < -0.3 is 10.6 Å². The lowest BCUT2D eigenvalue weighted by atomic mass is 10.1. The smallest absolute Gasteiger partial charge is 0.222 e. The Morgan fingerprint density at radius 1 is 1.59 bits per heavy atom. The van der Waals surface area contributed by atoms with Gasteiger partial charge in [0, 0.05) is 25.2 Å². The average molecular weight is 260 g/mol. The topological polar surface area (TPSA) is 71.8 Å². The zero-order valence-corrected chi connectivity index (χ0v) is 10.4. The van der Waals surface area contributed by atoms with Crippen LogP contribution in [0.4, 0.5) is 0 Å². The Balaban J connectivity index is 0.00000144. The molecule has 0 saturated carbocycles. The van der Waals surface area contributed by atoms with Crippen LogP contribution in [0.5, 0.6) is 0 Å². The number of piperidine rings is 1. The van der Waals surface area contributed by atoms with Crippen molar-refractivity contribution in [3.05, 3.63) is 12.4 Å². The predicted molar refractivity (Wildman–Crippen MR) is 65.9 cm³/mol. The molecule has 1 aliphatic heterocycles. The fourth-order valence-electron chi connectivity index (χ4n) is 1.84. The van der Waals surface area contributed by atoms with Gasteiger partial charge in [0.2, 0.25) is 5.91 Å². The molecule has 17 heavy (non-hydrogen) atoms. The Kier molecular flexibility index (Phi) is 5.93. The van der Waals surface area contributed by atoms with E-state index in [1.165, 1.54) is 0 Å². The van der Waals surface area contributed by atoms with Crippen LogP contribution in [0.25, 0.3) is 0 Å². The van der Waals surface area contributed by atoms with Crippen molar-refractivity contribution in [2.24, 2.45) is 0 Å². The van der Waals surface area contributed by atoms with Crippen molar-refractivity contribution in [1.82, 2.24) is 25.6 Å². The maximum atomic E-state index is 11.6. The first-order valence-corrected chi connectivity index (χ1v) is 5.69. The van der Waals surface area contributed by atoms with E-state index in [0.29, 0.717) is 13.0 Å². The number of amides is 1. The zero-order chi connectivity index (χ0) is 11.2. The number of aryl methyl sites for hydroxylation is 1. The minimum absolute atomic E-state index is 0. The summed E-state index contributed by atoms with van der Waals surface area (Å²) in [6, 6.07) is 0.289. The molecule has 1 aromatic heterocycles. The summed E-state index contributed by atoms with van der Waals surface area (Å²) in [4.78, 5) is 11.6. The summed E-state index contributed by atoms with van der Waals surface area (Å²) in [6.45, 7) is 2.53. The van der Waals surface area contributed by atoms with Crippen molar-refractivity contribution in [2.75, 3.05) is 13.1 Å². The molecule has 0 unspecified atom stereocenters. The monoisotopic (exact) mass is 259 g/mol. The molecule has 0 aliphatic carbocycles. The van der Waals surface area contributed by atoms with Crippen LogP contribution in [0.3, 0.4) is 0 Å². The van der Waals surface area contributed by atoms with E-state index in [2.05, 4.69) is 20.9 Å². The number of hydrogen-bond donors (Lipinski definition) is 2. The van der Waals surface area contributed by atoms with Crippen LogP contribution in [-0.2, 0) is 11.3 Å². The summed E-state index contributed by atoms with van der Waals surface area (Å²) in [5.41, 5.74) is 0. The minimum Gasteiger partial charge on any atom is -0.352 e. The second-order valence-corrected chi connectivity index (χ2v) is 4.03. The van der Waals surface area contributed by atoms with Gasteiger partial charge in [-0.15, -0.1) is 17.5 Å². The molecular weight excluding hydrogens is 242 g/mol. The van der Waals surface area contributed by atoms with Gasteiger partial charge in [-0.3, -0.25) is 9.48 Å². The number of nitrogens with zero attached hydrogens (tertiary/aromatic N) is 3. The van der Waals surface area contributed by atoms with Gasteiger partial charge in [-0.1, -0.05) is 5.21 Å². The van der Waals surface area contributed by atoms with Crippen LogP contribution in [0.15, 0.2) is 12.4 Å². The summed E-state index contributed by atoms with van der Waals surface area (Å²) in [5.74, 6) is 0.0872. The molecule has 7 heteroatoms. The first-order valence-electron chi connectivity index (χ1n) is 5.69. The van der Waals surface area contributed by atoms with E-state index in [1.807, 2.05) is 0 Å². The SMILES string of the molecule is Cl.O=C(CCn1ccnn1)N[C@H]1CCCNC1. The lowest BCUT2D eigenvalue weighted by molar-refractivity contribution is -0.122. The van der Waals surface area contributed by atoms with Crippen LogP contribution in [0.1, 0.15) is 19.3 Å². The van der Waals surface area contributed by atoms with Crippen LogP contribution in [0.2, 0.25) is 0 Å². The molecule has 1 saturated heterocycles. The van der Waals surface area contributed by atoms with E-state index in [-0.39, 0.29) is 24.4 Å². The lowest BCUT2D eigenvalue weighted by Gasteiger charge is -2.23. The van der Waals surface area contributed by atoms with Crippen molar-refractivity contribution in [2.45, 2.75) is 31.8 Å². The highest BCUT2D eigenvalue weighted by Crippen LogP contribution is 2.01. The molecule has 0 radical (unpaired) electrons. The molecule has 2 rings (SSSR count). The third-order valence-corrected chi connectivity index (χ3v) is 2.70. The van der Waals surface area contributed by atoms with Gasteiger partial charge in [0.05, 0.1) is 12.7 Å². The van der Waals surface area contributed by atoms with Gasteiger partial charge >= 0.3 is 0 Å². The molecule has 1 fully saturated rings. The number of aromatic nitrogens is 3. The summed E-state index contributed by atoms with van der Waals surface area (Å²) in [6.07, 6.45) is 6.04. The molecule has 1 amide bonds. The fraction of sp³-hybridized carbons (Fsp3) is 0.700. The standard InChI is InChI=1S/C10H17N5O.ClH/c16-10(3-6-15-7-5-12-14-15)13-9-2-1-4-11-8-9;/h5,7,9,11H,1-4,6,8H2,(H,13,16);1H/t9-;/m0./s1. The normalized spacial score (nSPS) is 19.4. The third-order valence-electron chi connectivity index (χ3n) is 2.70. The number of halogens is 1. The highest BCUT2D eigenvalue weighted by molar-refractivity contribution is 5.85. The van der Waals surface area contributed by atoms with Crippen LogP contribution >= 0.6 is 12.4 Å². The van der Waals surface area contributed by atoms with Gasteiger partial charge in [-0.05, 0) is 19.4 Å². The van der Waals surface area contributed by atoms with E-state index in [1.54, 1.807) is 17.1 Å². The molecule has 1 aliphatic rings. The molecule has 0 spiro atoms. The largest absolute Gasteiger partial charge is 0.352 e. The minimum atomic E-state index is 0. The van der Waals surface area contributed by atoms with E-state index in [4.69, 9.17) is 0 Å². The highest BCUT2D eigenvalue weighted by atomic mass is 35.5. The summed E-state index contributed by atoms with van der Waals surface area (Å²) >= 11 is 0. The Morgan fingerprint density at radius 2 is 2.47 bits per heavy atom. The Labute approximate surface area is 107 Å². The zero-order valence-electron chi connectivity index (χ0n) is 9.63. The Hall–Kier alpha value is -1.14. The average Bonchev–Trinajstić information content (AvgIpc) is 2.81. The third kappa shape index (κ3) is 4.70. The molecule has 1 atom stereocenters. The predicted octanol–water partition coefficient (Wildman–Crippen LogP) is -0.0418. The number of hydrogen-bond acceptors (Lipinski definition) is 4. The van der Waals surface area contributed by atoms with Gasteiger partial charge in [0.15, 0.2) is 0 Å². The van der Waals surface area contributed by atoms with Gasteiger partial charge in [0.25, 0.3) is 0 Å². The number of nitrogens with one attached hydrogen (secondary N) is 2. The van der Waals surface area contributed by atoms with Crippen molar-refractivity contribution in [3.63, 3.8) is 0 Å². The van der Waals surface area contributed by atoms with Gasteiger partial charge in [0.1, 0.15) is 0 Å². The Morgan fingerprint density at radius 3 is 3.12 bits per heavy atom. The summed E-state index contributed by atoms with van der Waals surface area (Å²) < 4.78 is 1.67. The van der Waals surface area contributed by atoms with E-state index in [0.717, 1.165) is 25.9 Å².